The van der Waals surface area contributed by atoms with Gasteiger partial charge in [0.2, 0.25) is 0 Å². The number of likely N-dealkylation sites (tertiary alicyclic amines) is 1. The first-order chi connectivity index (χ1) is 9.17. The molecule has 2 atom stereocenters. The second-order valence-electron chi connectivity index (χ2n) is 5.07. The fourth-order valence-electron chi connectivity index (χ4n) is 2.68. The van der Waals surface area contributed by atoms with Gasteiger partial charge in [-0.15, -0.1) is 0 Å². The molecule has 2 unspecified atom stereocenters. The largest absolute Gasteiger partial charge is 0.493 e. The maximum atomic E-state index is 12.6. The van der Waals surface area contributed by atoms with E-state index in [1.807, 2.05) is 36.1 Å². The zero-order valence-electron chi connectivity index (χ0n) is 11.6. The van der Waals surface area contributed by atoms with E-state index in [0.29, 0.717) is 30.4 Å². The molecule has 0 aliphatic carbocycles. The molecular weight excluding hydrogens is 240 g/mol. The average Bonchev–Trinajstić information content (AvgIpc) is 2.80. The summed E-state index contributed by atoms with van der Waals surface area (Å²) in [5, 5.41) is 0. The van der Waals surface area contributed by atoms with Crippen LogP contribution in [0.3, 0.4) is 0 Å². The molecule has 1 fully saturated rings. The summed E-state index contributed by atoms with van der Waals surface area (Å²) in [5.74, 6) is 1.13. The molecule has 1 heterocycles. The van der Waals surface area contributed by atoms with Crippen LogP contribution in [0.1, 0.15) is 30.6 Å². The van der Waals surface area contributed by atoms with Crippen LogP contribution in [0.25, 0.3) is 0 Å². The lowest BCUT2D eigenvalue weighted by Crippen LogP contribution is -2.34. The van der Waals surface area contributed by atoms with Crippen molar-refractivity contribution in [3.05, 3.63) is 29.8 Å². The summed E-state index contributed by atoms with van der Waals surface area (Å²) in [7, 11) is 0. The summed E-state index contributed by atoms with van der Waals surface area (Å²) < 4.78 is 5.53. The van der Waals surface area contributed by atoms with Crippen molar-refractivity contribution in [2.45, 2.75) is 26.3 Å². The van der Waals surface area contributed by atoms with Gasteiger partial charge in [-0.25, -0.2) is 0 Å². The molecule has 1 aromatic carbocycles. The topological polar surface area (TPSA) is 55.6 Å². The minimum atomic E-state index is 0.0486. The van der Waals surface area contributed by atoms with E-state index in [9.17, 15) is 4.79 Å². The molecule has 4 heteroatoms. The van der Waals surface area contributed by atoms with E-state index < -0.39 is 0 Å². The molecule has 1 aliphatic heterocycles. The number of carbonyl (C=O) groups excluding carboxylic acids is 1. The van der Waals surface area contributed by atoms with Crippen molar-refractivity contribution in [3.63, 3.8) is 0 Å². The molecule has 1 amide bonds. The summed E-state index contributed by atoms with van der Waals surface area (Å²) in [6, 6.07) is 7.68. The Balaban J connectivity index is 2.20. The van der Waals surface area contributed by atoms with Crippen molar-refractivity contribution < 1.29 is 9.53 Å². The first kappa shape index (κ1) is 13.9. The summed E-state index contributed by atoms with van der Waals surface area (Å²) in [5.41, 5.74) is 6.36. The maximum absolute atomic E-state index is 12.6. The van der Waals surface area contributed by atoms with Gasteiger partial charge in [0, 0.05) is 12.6 Å². The van der Waals surface area contributed by atoms with Crippen LogP contribution in [0.15, 0.2) is 24.3 Å². The van der Waals surface area contributed by atoms with Gasteiger partial charge in [0.25, 0.3) is 5.91 Å². The Morgan fingerprint density at radius 3 is 2.84 bits per heavy atom. The zero-order chi connectivity index (χ0) is 13.8. The van der Waals surface area contributed by atoms with Gasteiger partial charge in [-0.2, -0.15) is 0 Å². The second-order valence-corrected chi connectivity index (χ2v) is 5.07. The Labute approximate surface area is 114 Å². The molecule has 0 aromatic heterocycles. The molecule has 1 aromatic rings. The van der Waals surface area contributed by atoms with Gasteiger partial charge < -0.3 is 15.4 Å². The highest BCUT2D eigenvalue weighted by Gasteiger charge is 2.33. The van der Waals surface area contributed by atoms with E-state index in [1.54, 1.807) is 0 Å². The van der Waals surface area contributed by atoms with Gasteiger partial charge in [-0.1, -0.05) is 12.1 Å². The number of hydrogen-bond acceptors (Lipinski definition) is 3. The monoisotopic (exact) mass is 262 g/mol. The number of nitrogens with zero attached hydrogens (tertiary/aromatic N) is 1. The molecule has 2 N–H and O–H groups in total. The van der Waals surface area contributed by atoms with Crippen molar-refractivity contribution in [1.29, 1.82) is 0 Å². The SMILES string of the molecule is CCOc1ccccc1C(=O)N1CC(CN)CC1C. The van der Waals surface area contributed by atoms with Gasteiger partial charge in [-0.3, -0.25) is 4.79 Å². The van der Waals surface area contributed by atoms with Crippen molar-refractivity contribution in [2.75, 3.05) is 19.7 Å². The van der Waals surface area contributed by atoms with Crippen LogP contribution in [0.2, 0.25) is 0 Å². The second kappa shape index (κ2) is 6.06. The molecular formula is C15H22N2O2. The van der Waals surface area contributed by atoms with E-state index >= 15 is 0 Å². The minimum absolute atomic E-state index is 0.0486. The number of amides is 1. The van der Waals surface area contributed by atoms with E-state index in [0.717, 1.165) is 13.0 Å². The minimum Gasteiger partial charge on any atom is -0.493 e. The first-order valence-electron chi connectivity index (χ1n) is 6.90. The molecule has 104 valence electrons. The zero-order valence-corrected chi connectivity index (χ0v) is 11.6. The normalized spacial score (nSPS) is 22.6. The van der Waals surface area contributed by atoms with Crippen molar-refractivity contribution in [2.24, 2.45) is 11.7 Å². The molecule has 0 bridgehead atoms. The molecule has 0 saturated carbocycles. The van der Waals surface area contributed by atoms with Crippen molar-refractivity contribution in [1.82, 2.24) is 4.90 Å². The van der Waals surface area contributed by atoms with Gasteiger partial charge in [0.1, 0.15) is 5.75 Å². The summed E-state index contributed by atoms with van der Waals surface area (Å²) >= 11 is 0. The fraction of sp³-hybridized carbons (Fsp3) is 0.533. The number of para-hydroxylation sites is 1. The van der Waals surface area contributed by atoms with E-state index in [2.05, 4.69) is 6.92 Å². The highest BCUT2D eigenvalue weighted by atomic mass is 16.5. The molecule has 19 heavy (non-hydrogen) atoms. The van der Waals surface area contributed by atoms with Gasteiger partial charge in [0.05, 0.1) is 12.2 Å². The average molecular weight is 262 g/mol. The lowest BCUT2D eigenvalue weighted by atomic mass is 10.1. The number of benzene rings is 1. The lowest BCUT2D eigenvalue weighted by Gasteiger charge is -2.22. The Hall–Kier alpha value is -1.55. The van der Waals surface area contributed by atoms with Crippen LogP contribution in [0.5, 0.6) is 5.75 Å². The predicted molar refractivity (Wildman–Crippen MR) is 75.3 cm³/mol. The van der Waals surface area contributed by atoms with E-state index in [1.165, 1.54) is 0 Å². The predicted octanol–water partition coefficient (Wildman–Crippen LogP) is 1.89. The smallest absolute Gasteiger partial charge is 0.257 e. The van der Waals surface area contributed by atoms with Crippen LogP contribution in [0, 0.1) is 5.92 Å². The highest BCUT2D eigenvalue weighted by Crippen LogP contribution is 2.27. The van der Waals surface area contributed by atoms with E-state index in [4.69, 9.17) is 10.5 Å². The molecule has 0 spiro atoms. The van der Waals surface area contributed by atoms with Crippen LogP contribution in [-0.4, -0.2) is 36.5 Å². The molecule has 4 nitrogen and oxygen atoms in total. The van der Waals surface area contributed by atoms with E-state index in [-0.39, 0.29) is 11.9 Å². The fourth-order valence-corrected chi connectivity index (χ4v) is 2.68. The Kier molecular flexibility index (Phi) is 4.43. The third kappa shape index (κ3) is 2.89. The maximum Gasteiger partial charge on any atom is 0.257 e. The number of carbonyl (C=O) groups is 1. The number of hydrogen-bond donors (Lipinski definition) is 1. The lowest BCUT2D eigenvalue weighted by molar-refractivity contribution is 0.0739. The molecule has 1 saturated heterocycles. The number of rotatable bonds is 4. The standard InChI is InChI=1S/C15H22N2O2/c1-3-19-14-7-5-4-6-13(14)15(18)17-10-12(9-16)8-11(17)2/h4-7,11-12H,3,8-10,16H2,1-2H3. The van der Waals surface area contributed by atoms with Gasteiger partial charge in [0.15, 0.2) is 0 Å². The molecule has 1 aliphatic rings. The van der Waals surface area contributed by atoms with Gasteiger partial charge in [-0.05, 0) is 44.9 Å². The summed E-state index contributed by atoms with van der Waals surface area (Å²) in [4.78, 5) is 14.5. The number of ether oxygens (including phenoxy) is 1. The van der Waals surface area contributed by atoms with Gasteiger partial charge >= 0.3 is 0 Å². The molecule has 0 radical (unpaired) electrons. The quantitative estimate of drug-likeness (QED) is 0.901. The Morgan fingerprint density at radius 1 is 1.47 bits per heavy atom. The first-order valence-corrected chi connectivity index (χ1v) is 6.90. The van der Waals surface area contributed by atoms with Crippen LogP contribution in [-0.2, 0) is 0 Å². The van der Waals surface area contributed by atoms with Crippen molar-refractivity contribution in [3.8, 4) is 5.75 Å². The van der Waals surface area contributed by atoms with Crippen LogP contribution >= 0.6 is 0 Å². The van der Waals surface area contributed by atoms with Crippen molar-refractivity contribution >= 4 is 5.91 Å². The Bertz CT molecular complexity index is 448. The highest BCUT2D eigenvalue weighted by molar-refractivity contribution is 5.97. The third-order valence-corrected chi connectivity index (χ3v) is 3.67. The van der Waals surface area contributed by atoms with Crippen LogP contribution in [0.4, 0.5) is 0 Å². The number of nitrogens with two attached hydrogens (primary N) is 1. The Morgan fingerprint density at radius 2 is 2.21 bits per heavy atom. The third-order valence-electron chi connectivity index (χ3n) is 3.67. The van der Waals surface area contributed by atoms with Crippen LogP contribution < -0.4 is 10.5 Å². The summed E-state index contributed by atoms with van der Waals surface area (Å²) in [6.07, 6.45) is 0.985. The summed E-state index contributed by atoms with van der Waals surface area (Å²) in [6.45, 7) is 5.95. The molecule has 2 rings (SSSR count).